The molecular weight excluding hydrogens is 380 g/mol. The summed E-state index contributed by atoms with van der Waals surface area (Å²) in [6, 6.07) is 13.3. The Morgan fingerprint density at radius 2 is 1.86 bits per heavy atom. The van der Waals surface area contributed by atoms with Crippen LogP contribution in [0.2, 0.25) is 5.02 Å². The zero-order valence-corrected chi connectivity index (χ0v) is 15.9. The van der Waals surface area contributed by atoms with Crippen LogP contribution < -0.4 is 9.47 Å². The third-order valence-corrected chi connectivity index (χ3v) is 4.70. The molecular formula is C22H15ClO5. The lowest BCUT2D eigenvalue weighted by atomic mass is 10.1. The Morgan fingerprint density at radius 3 is 2.57 bits per heavy atom. The van der Waals surface area contributed by atoms with Crippen molar-refractivity contribution in [3.8, 4) is 11.5 Å². The molecule has 1 aliphatic rings. The van der Waals surface area contributed by atoms with Gasteiger partial charge in [-0.15, -0.1) is 0 Å². The first-order valence-corrected chi connectivity index (χ1v) is 8.93. The molecule has 1 aromatic heterocycles. The van der Waals surface area contributed by atoms with E-state index in [0.717, 1.165) is 5.76 Å². The molecule has 5 nitrogen and oxygen atoms in total. The standard InChI is InChI=1S/C22H15ClO5/c1-12-7-8-14(26-12)11-19-20(24)16-9-10-18(13(2)21(16)27-19)28-22(25)15-5-3-4-6-17(15)23/h3-11H,1-2H3/b19-11-. The summed E-state index contributed by atoms with van der Waals surface area (Å²) in [5.74, 6) is 1.24. The first-order chi connectivity index (χ1) is 13.4. The second-order valence-electron chi connectivity index (χ2n) is 6.32. The fourth-order valence-corrected chi connectivity index (χ4v) is 3.13. The van der Waals surface area contributed by atoms with E-state index in [-0.39, 0.29) is 17.1 Å². The number of ether oxygens (including phenoxy) is 2. The SMILES string of the molecule is Cc1ccc(/C=C2\Oc3c(ccc(OC(=O)c4ccccc4Cl)c3C)C2=O)o1. The van der Waals surface area contributed by atoms with Gasteiger partial charge < -0.3 is 13.9 Å². The molecule has 3 aromatic rings. The van der Waals surface area contributed by atoms with Crippen molar-refractivity contribution in [3.05, 3.63) is 87.5 Å². The number of benzene rings is 2. The van der Waals surface area contributed by atoms with Gasteiger partial charge in [-0.05, 0) is 50.2 Å². The van der Waals surface area contributed by atoms with Crippen LogP contribution in [0.15, 0.2) is 58.7 Å². The molecule has 0 fully saturated rings. The number of ketones is 1. The molecule has 1 aliphatic heterocycles. The predicted octanol–water partition coefficient (Wildman–Crippen LogP) is 5.39. The summed E-state index contributed by atoms with van der Waals surface area (Å²) in [5, 5.41) is 0.303. The number of aryl methyl sites for hydroxylation is 1. The van der Waals surface area contributed by atoms with Gasteiger partial charge in [-0.3, -0.25) is 4.79 Å². The van der Waals surface area contributed by atoms with Crippen molar-refractivity contribution < 1.29 is 23.5 Å². The van der Waals surface area contributed by atoms with Crippen LogP contribution in [-0.2, 0) is 0 Å². The molecule has 0 spiro atoms. The lowest BCUT2D eigenvalue weighted by molar-refractivity contribution is 0.0733. The normalized spacial score (nSPS) is 14.1. The Bertz CT molecular complexity index is 1140. The van der Waals surface area contributed by atoms with Gasteiger partial charge in [-0.1, -0.05) is 23.7 Å². The van der Waals surface area contributed by atoms with Gasteiger partial charge in [0.25, 0.3) is 0 Å². The molecule has 0 amide bonds. The molecule has 6 heteroatoms. The van der Waals surface area contributed by atoms with E-state index in [9.17, 15) is 9.59 Å². The lowest BCUT2D eigenvalue weighted by Crippen LogP contribution is -2.10. The highest BCUT2D eigenvalue weighted by Gasteiger charge is 2.31. The summed E-state index contributed by atoms with van der Waals surface area (Å²) in [5.41, 5.74) is 1.21. The van der Waals surface area contributed by atoms with Gasteiger partial charge in [0, 0.05) is 11.6 Å². The highest BCUT2D eigenvalue weighted by atomic mass is 35.5. The molecule has 0 N–H and O–H groups in total. The fourth-order valence-electron chi connectivity index (χ4n) is 2.92. The van der Waals surface area contributed by atoms with E-state index >= 15 is 0 Å². The lowest BCUT2D eigenvalue weighted by Gasteiger charge is -2.10. The van der Waals surface area contributed by atoms with Crippen molar-refractivity contribution in [2.24, 2.45) is 0 Å². The summed E-state index contributed by atoms with van der Waals surface area (Å²) in [4.78, 5) is 25.0. The van der Waals surface area contributed by atoms with Crippen LogP contribution in [0.5, 0.6) is 11.5 Å². The minimum absolute atomic E-state index is 0.155. The number of carbonyl (C=O) groups is 2. The van der Waals surface area contributed by atoms with E-state index in [2.05, 4.69) is 0 Å². The number of esters is 1. The minimum atomic E-state index is -0.584. The highest BCUT2D eigenvalue weighted by molar-refractivity contribution is 6.33. The van der Waals surface area contributed by atoms with Crippen molar-refractivity contribution in [2.75, 3.05) is 0 Å². The Kier molecular flexibility index (Phi) is 4.53. The highest BCUT2D eigenvalue weighted by Crippen LogP contribution is 2.39. The molecule has 0 radical (unpaired) electrons. The number of hydrogen-bond acceptors (Lipinski definition) is 5. The van der Waals surface area contributed by atoms with E-state index in [1.54, 1.807) is 61.5 Å². The average Bonchev–Trinajstić information content (AvgIpc) is 3.22. The molecule has 4 rings (SSSR count). The number of fused-ring (bicyclic) bond motifs is 1. The van der Waals surface area contributed by atoms with E-state index in [4.69, 9.17) is 25.5 Å². The van der Waals surface area contributed by atoms with Gasteiger partial charge in [-0.25, -0.2) is 4.79 Å². The molecule has 0 aliphatic carbocycles. The van der Waals surface area contributed by atoms with Crippen molar-refractivity contribution in [1.82, 2.24) is 0 Å². The van der Waals surface area contributed by atoms with Crippen molar-refractivity contribution >= 4 is 29.4 Å². The van der Waals surface area contributed by atoms with Crippen molar-refractivity contribution in [3.63, 3.8) is 0 Å². The largest absolute Gasteiger partial charge is 0.462 e. The minimum Gasteiger partial charge on any atom is -0.462 e. The first kappa shape index (κ1) is 18.1. The summed E-state index contributed by atoms with van der Waals surface area (Å²) in [6.45, 7) is 3.54. The van der Waals surface area contributed by atoms with Gasteiger partial charge >= 0.3 is 5.97 Å². The van der Waals surface area contributed by atoms with Gasteiger partial charge in [0.2, 0.25) is 5.78 Å². The summed E-state index contributed by atoms with van der Waals surface area (Å²) >= 11 is 6.05. The molecule has 0 saturated carbocycles. The number of halogens is 1. The fraction of sp³-hybridized carbons (Fsp3) is 0.0909. The maximum absolute atomic E-state index is 12.6. The zero-order valence-electron chi connectivity index (χ0n) is 15.1. The van der Waals surface area contributed by atoms with Crippen LogP contribution in [0.1, 0.15) is 37.8 Å². The average molecular weight is 395 g/mol. The number of allylic oxidation sites excluding steroid dienone is 1. The van der Waals surface area contributed by atoms with Crippen LogP contribution in [0.3, 0.4) is 0 Å². The predicted molar refractivity (Wildman–Crippen MR) is 104 cm³/mol. The molecule has 140 valence electrons. The maximum Gasteiger partial charge on any atom is 0.345 e. The molecule has 28 heavy (non-hydrogen) atoms. The molecule has 0 unspecified atom stereocenters. The van der Waals surface area contributed by atoms with Crippen LogP contribution >= 0.6 is 11.6 Å². The van der Waals surface area contributed by atoms with Gasteiger partial charge in [0.1, 0.15) is 23.0 Å². The Labute approximate surface area is 166 Å². The zero-order chi connectivity index (χ0) is 19.8. The number of Topliss-reactive ketones (excluding diaryl/α,β-unsaturated/α-hetero) is 1. The van der Waals surface area contributed by atoms with E-state index in [1.807, 2.05) is 6.92 Å². The van der Waals surface area contributed by atoms with E-state index < -0.39 is 5.97 Å². The van der Waals surface area contributed by atoms with Crippen LogP contribution in [-0.4, -0.2) is 11.8 Å². The van der Waals surface area contributed by atoms with Crippen LogP contribution in [0, 0.1) is 13.8 Å². The summed E-state index contributed by atoms with van der Waals surface area (Å²) in [7, 11) is 0. The second-order valence-corrected chi connectivity index (χ2v) is 6.73. The first-order valence-electron chi connectivity index (χ1n) is 8.55. The molecule has 0 atom stereocenters. The molecule has 2 aromatic carbocycles. The quantitative estimate of drug-likeness (QED) is 0.338. The molecule has 0 saturated heterocycles. The number of rotatable bonds is 3. The Balaban J connectivity index is 1.63. The summed E-state index contributed by atoms with van der Waals surface area (Å²) < 4.78 is 16.7. The van der Waals surface area contributed by atoms with Gasteiger partial charge in [-0.2, -0.15) is 0 Å². The van der Waals surface area contributed by atoms with Crippen LogP contribution in [0.4, 0.5) is 0 Å². The van der Waals surface area contributed by atoms with Gasteiger partial charge in [0.05, 0.1) is 16.1 Å². The Morgan fingerprint density at radius 1 is 1.07 bits per heavy atom. The molecule has 0 bridgehead atoms. The van der Waals surface area contributed by atoms with Crippen LogP contribution in [0.25, 0.3) is 6.08 Å². The monoisotopic (exact) mass is 394 g/mol. The number of furan rings is 1. The molecule has 2 heterocycles. The number of carbonyl (C=O) groups excluding carboxylic acids is 2. The Hall–Kier alpha value is -3.31. The van der Waals surface area contributed by atoms with E-state index in [0.29, 0.717) is 33.4 Å². The second kappa shape index (κ2) is 7.02. The third-order valence-electron chi connectivity index (χ3n) is 4.37. The summed E-state index contributed by atoms with van der Waals surface area (Å²) in [6.07, 6.45) is 1.55. The van der Waals surface area contributed by atoms with Crippen molar-refractivity contribution in [2.45, 2.75) is 13.8 Å². The topological polar surface area (TPSA) is 65.7 Å². The van der Waals surface area contributed by atoms with E-state index in [1.165, 1.54) is 0 Å². The third kappa shape index (κ3) is 3.21. The van der Waals surface area contributed by atoms with Gasteiger partial charge in [0.15, 0.2) is 5.76 Å². The maximum atomic E-state index is 12.6. The van der Waals surface area contributed by atoms with Crippen molar-refractivity contribution in [1.29, 1.82) is 0 Å². The smallest absolute Gasteiger partial charge is 0.345 e. The number of hydrogen-bond donors (Lipinski definition) is 0.